The first-order chi connectivity index (χ1) is 12.3. The molecule has 25 heavy (non-hydrogen) atoms. The van der Waals surface area contributed by atoms with E-state index in [-0.39, 0.29) is 12.0 Å². The number of rotatable bonds is 4. The number of nitrogens with zero attached hydrogens (tertiary/aromatic N) is 3. The standard InChI is InChI=1S/C18H29N5O2/c24-18(17-12-19-6-9-25-17)20-11-14-10-16-13-22(7-8-23(16)21-14)15-4-2-1-3-5-15/h10,15,17,19H,1-9,11-13H2,(H,20,24)/t17-/m0/s1. The van der Waals surface area contributed by atoms with E-state index in [1.54, 1.807) is 0 Å². The molecule has 1 aromatic heterocycles. The first kappa shape index (κ1) is 17.0. The van der Waals surface area contributed by atoms with E-state index in [2.05, 4.69) is 31.4 Å². The number of nitrogens with one attached hydrogen (secondary N) is 2. The Balaban J connectivity index is 1.31. The van der Waals surface area contributed by atoms with Crippen molar-refractivity contribution in [3.8, 4) is 0 Å². The highest BCUT2D eigenvalue weighted by atomic mass is 16.5. The van der Waals surface area contributed by atoms with Gasteiger partial charge in [-0.25, -0.2) is 0 Å². The van der Waals surface area contributed by atoms with Crippen LogP contribution in [0.1, 0.15) is 43.5 Å². The zero-order valence-corrected chi connectivity index (χ0v) is 14.9. The number of amides is 1. The highest BCUT2D eigenvalue weighted by molar-refractivity contribution is 5.81. The second kappa shape index (κ2) is 7.85. The SMILES string of the molecule is O=C(NCc1cc2n(n1)CCN(C1CCCCC1)C2)[C@@H]1CNCCO1. The summed E-state index contributed by atoms with van der Waals surface area (Å²) in [6, 6.07) is 2.89. The van der Waals surface area contributed by atoms with Crippen molar-refractivity contribution in [2.75, 3.05) is 26.2 Å². The molecule has 1 aliphatic carbocycles. The normalized spacial score (nSPS) is 25.5. The molecule has 138 valence electrons. The Morgan fingerprint density at radius 3 is 3.00 bits per heavy atom. The Bertz CT molecular complexity index is 590. The molecule has 3 heterocycles. The molecule has 2 N–H and O–H groups in total. The van der Waals surface area contributed by atoms with Crippen LogP contribution in [0.25, 0.3) is 0 Å². The maximum atomic E-state index is 12.2. The number of carbonyl (C=O) groups is 1. The second-order valence-corrected chi connectivity index (χ2v) is 7.39. The van der Waals surface area contributed by atoms with Gasteiger partial charge < -0.3 is 15.4 Å². The summed E-state index contributed by atoms with van der Waals surface area (Å²) < 4.78 is 7.59. The van der Waals surface area contributed by atoms with Crippen LogP contribution in [0.5, 0.6) is 0 Å². The fourth-order valence-corrected chi connectivity index (χ4v) is 4.22. The zero-order chi connectivity index (χ0) is 17.1. The van der Waals surface area contributed by atoms with E-state index in [0.717, 1.165) is 37.9 Å². The van der Waals surface area contributed by atoms with Gasteiger partial charge in [-0.15, -0.1) is 0 Å². The van der Waals surface area contributed by atoms with Gasteiger partial charge in [0.25, 0.3) is 5.91 Å². The minimum Gasteiger partial charge on any atom is -0.366 e. The number of hydrogen-bond acceptors (Lipinski definition) is 5. The lowest BCUT2D eigenvalue weighted by atomic mass is 9.94. The highest BCUT2D eigenvalue weighted by Crippen LogP contribution is 2.26. The Labute approximate surface area is 149 Å². The fraction of sp³-hybridized carbons (Fsp3) is 0.778. The van der Waals surface area contributed by atoms with Crippen LogP contribution in [0.4, 0.5) is 0 Å². The topological polar surface area (TPSA) is 71.4 Å². The van der Waals surface area contributed by atoms with Gasteiger partial charge in [-0.1, -0.05) is 19.3 Å². The van der Waals surface area contributed by atoms with E-state index < -0.39 is 0 Å². The van der Waals surface area contributed by atoms with Crippen LogP contribution < -0.4 is 10.6 Å². The maximum absolute atomic E-state index is 12.2. The molecule has 1 amide bonds. The second-order valence-electron chi connectivity index (χ2n) is 7.39. The van der Waals surface area contributed by atoms with Gasteiger partial charge in [0.1, 0.15) is 6.10 Å². The molecule has 3 aliphatic rings. The predicted octanol–water partition coefficient (Wildman–Crippen LogP) is 0.636. The van der Waals surface area contributed by atoms with Crippen molar-refractivity contribution in [2.45, 2.75) is 63.9 Å². The highest BCUT2D eigenvalue weighted by Gasteiger charge is 2.26. The Morgan fingerprint density at radius 1 is 1.32 bits per heavy atom. The van der Waals surface area contributed by atoms with E-state index >= 15 is 0 Å². The van der Waals surface area contributed by atoms with E-state index in [0.29, 0.717) is 19.7 Å². The fourth-order valence-electron chi connectivity index (χ4n) is 4.22. The minimum atomic E-state index is -0.382. The number of ether oxygens (including phenoxy) is 1. The van der Waals surface area contributed by atoms with Crippen molar-refractivity contribution in [3.63, 3.8) is 0 Å². The molecule has 1 saturated heterocycles. The predicted molar refractivity (Wildman–Crippen MR) is 94.0 cm³/mol. The lowest BCUT2D eigenvalue weighted by Gasteiger charge is -2.36. The van der Waals surface area contributed by atoms with Crippen molar-refractivity contribution >= 4 is 5.91 Å². The van der Waals surface area contributed by atoms with Gasteiger partial charge in [0.05, 0.1) is 31.1 Å². The number of hydrogen-bond donors (Lipinski definition) is 2. The van der Waals surface area contributed by atoms with Crippen LogP contribution >= 0.6 is 0 Å². The van der Waals surface area contributed by atoms with Crippen LogP contribution in [-0.2, 0) is 29.2 Å². The summed E-state index contributed by atoms with van der Waals surface area (Å²) in [6.07, 6.45) is 6.43. The van der Waals surface area contributed by atoms with Crippen molar-refractivity contribution < 1.29 is 9.53 Å². The zero-order valence-electron chi connectivity index (χ0n) is 14.9. The molecule has 1 aromatic rings. The third-order valence-corrected chi connectivity index (χ3v) is 5.63. The quantitative estimate of drug-likeness (QED) is 0.836. The molecule has 2 aliphatic heterocycles. The summed E-state index contributed by atoms with van der Waals surface area (Å²) in [4.78, 5) is 14.8. The van der Waals surface area contributed by atoms with Gasteiger partial charge in [0, 0.05) is 32.2 Å². The first-order valence-corrected chi connectivity index (χ1v) is 9.69. The number of morpholine rings is 1. The van der Waals surface area contributed by atoms with Gasteiger partial charge in [0.2, 0.25) is 0 Å². The molecular weight excluding hydrogens is 318 g/mol. The Hall–Kier alpha value is -1.44. The summed E-state index contributed by atoms with van der Waals surface area (Å²) in [5, 5.41) is 10.8. The van der Waals surface area contributed by atoms with Crippen LogP contribution in [0.2, 0.25) is 0 Å². The minimum absolute atomic E-state index is 0.0537. The molecular formula is C18H29N5O2. The molecule has 1 atom stereocenters. The third kappa shape index (κ3) is 4.04. The summed E-state index contributed by atoms with van der Waals surface area (Å²) >= 11 is 0. The van der Waals surface area contributed by atoms with Crippen molar-refractivity contribution in [2.24, 2.45) is 0 Å². The van der Waals surface area contributed by atoms with Gasteiger partial charge >= 0.3 is 0 Å². The number of fused-ring (bicyclic) bond motifs is 1. The molecule has 7 nitrogen and oxygen atoms in total. The Kier molecular flexibility index (Phi) is 5.33. The van der Waals surface area contributed by atoms with Gasteiger partial charge in [-0.05, 0) is 18.9 Å². The van der Waals surface area contributed by atoms with Crippen molar-refractivity contribution in [1.82, 2.24) is 25.3 Å². The molecule has 0 bridgehead atoms. The Morgan fingerprint density at radius 2 is 2.20 bits per heavy atom. The monoisotopic (exact) mass is 347 g/mol. The van der Waals surface area contributed by atoms with E-state index in [4.69, 9.17) is 4.74 Å². The van der Waals surface area contributed by atoms with Crippen LogP contribution in [-0.4, -0.2) is 59.0 Å². The van der Waals surface area contributed by atoms with E-state index in [1.165, 1.54) is 37.8 Å². The lowest BCUT2D eigenvalue weighted by molar-refractivity contribution is -0.134. The average molecular weight is 347 g/mol. The smallest absolute Gasteiger partial charge is 0.250 e. The summed E-state index contributed by atoms with van der Waals surface area (Å²) in [7, 11) is 0. The summed E-state index contributed by atoms with van der Waals surface area (Å²) in [6.45, 7) is 5.50. The summed E-state index contributed by atoms with van der Waals surface area (Å²) in [5.41, 5.74) is 2.22. The van der Waals surface area contributed by atoms with Gasteiger partial charge in [-0.2, -0.15) is 5.10 Å². The number of carbonyl (C=O) groups excluding carboxylic acids is 1. The molecule has 0 unspecified atom stereocenters. The molecule has 0 aromatic carbocycles. The molecule has 4 rings (SSSR count). The third-order valence-electron chi connectivity index (χ3n) is 5.63. The molecule has 0 spiro atoms. The lowest BCUT2D eigenvalue weighted by Crippen LogP contribution is -2.47. The maximum Gasteiger partial charge on any atom is 0.250 e. The summed E-state index contributed by atoms with van der Waals surface area (Å²) in [5.74, 6) is -0.0537. The van der Waals surface area contributed by atoms with Gasteiger partial charge in [-0.3, -0.25) is 14.4 Å². The van der Waals surface area contributed by atoms with E-state index in [9.17, 15) is 4.79 Å². The van der Waals surface area contributed by atoms with Crippen molar-refractivity contribution in [3.05, 3.63) is 17.5 Å². The first-order valence-electron chi connectivity index (χ1n) is 9.69. The number of aromatic nitrogens is 2. The molecule has 2 fully saturated rings. The van der Waals surface area contributed by atoms with Crippen LogP contribution in [0.15, 0.2) is 6.07 Å². The van der Waals surface area contributed by atoms with Gasteiger partial charge in [0.15, 0.2) is 0 Å². The molecule has 0 radical (unpaired) electrons. The van der Waals surface area contributed by atoms with Crippen molar-refractivity contribution in [1.29, 1.82) is 0 Å². The van der Waals surface area contributed by atoms with Crippen LogP contribution in [0, 0.1) is 0 Å². The van der Waals surface area contributed by atoms with E-state index in [1.807, 2.05) is 0 Å². The largest absolute Gasteiger partial charge is 0.366 e. The average Bonchev–Trinajstić information content (AvgIpc) is 3.09. The molecule has 1 saturated carbocycles. The van der Waals surface area contributed by atoms with Crippen LogP contribution in [0.3, 0.4) is 0 Å². The molecule has 7 heteroatoms.